The average molecular weight is 251 g/mol. The van der Waals surface area contributed by atoms with Crippen LogP contribution in [-0.2, 0) is 14.3 Å². The van der Waals surface area contributed by atoms with Gasteiger partial charge in [0, 0.05) is 0 Å². The number of ether oxygens (including phenoxy) is 1. The second kappa shape index (κ2) is 6.76. The summed E-state index contributed by atoms with van der Waals surface area (Å²) in [5.74, 6) is -1.42. The molecule has 0 aromatic heterocycles. The summed E-state index contributed by atoms with van der Waals surface area (Å²) < 4.78 is 4.89. The molecule has 0 fully saturated rings. The molecular weight excluding hydrogens is 234 g/mol. The summed E-state index contributed by atoms with van der Waals surface area (Å²) in [4.78, 5) is 22.0. The summed E-state index contributed by atoms with van der Waals surface area (Å²) in [6.45, 7) is 2.98. The summed E-state index contributed by atoms with van der Waals surface area (Å²) in [6.07, 6.45) is -0.984. The number of nitrogens with one attached hydrogen (secondary N) is 1. The Morgan fingerprint density at radius 2 is 1.89 bits per heavy atom. The monoisotopic (exact) mass is 251 g/mol. The number of carbonyl (C=O) groups excluding carboxylic acids is 1. The Kier molecular flexibility index (Phi) is 5.32. The Bertz CT molecular complexity index is 405. The second-order valence-electron chi connectivity index (χ2n) is 3.99. The van der Waals surface area contributed by atoms with Gasteiger partial charge in [-0.2, -0.15) is 0 Å². The summed E-state index contributed by atoms with van der Waals surface area (Å²) in [5, 5.41) is 11.3. The lowest BCUT2D eigenvalue weighted by atomic mass is 10.1. The molecule has 0 saturated carbocycles. The lowest BCUT2D eigenvalue weighted by Crippen LogP contribution is -2.33. The molecule has 1 aromatic carbocycles. The van der Waals surface area contributed by atoms with Crippen LogP contribution in [0.4, 0.5) is 0 Å². The number of amides is 1. The normalized spacial score (nSPS) is 13.7. The molecule has 5 heteroatoms. The third kappa shape index (κ3) is 4.55. The van der Waals surface area contributed by atoms with Crippen LogP contribution in [0.2, 0.25) is 0 Å². The number of benzene rings is 1. The van der Waals surface area contributed by atoms with Crippen molar-refractivity contribution in [3.05, 3.63) is 35.9 Å². The SMILES string of the molecule is CC(NC(=O)CO[C@@H](C)C(=O)O)c1ccccc1. The third-order valence-electron chi connectivity index (χ3n) is 2.49. The molecule has 0 saturated heterocycles. The number of carboxylic acid groups (broad SMARTS) is 1. The van der Waals surface area contributed by atoms with Crippen molar-refractivity contribution in [1.29, 1.82) is 0 Å². The van der Waals surface area contributed by atoms with Crippen LogP contribution >= 0.6 is 0 Å². The maximum atomic E-state index is 11.5. The molecule has 5 nitrogen and oxygen atoms in total. The van der Waals surface area contributed by atoms with E-state index in [4.69, 9.17) is 9.84 Å². The van der Waals surface area contributed by atoms with E-state index in [1.807, 2.05) is 37.3 Å². The molecule has 98 valence electrons. The highest BCUT2D eigenvalue weighted by molar-refractivity contribution is 5.78. The second-order valence-corrected chi connectivity index (χ2v) is 3.99. The van der Waals surface area contributed by atoms with Gasteiger partial charge in [-0.25, -0.2) is 4.79 Å². The van der Waals surface area contributed by atoms with Crippen molar-refractivity contribution in [3.8, 4) is 0 Å². The van der Waals surface area contributed by atoms with E-state index in [-0.39, 0.29) is 18.6 Å². The molecule has 1 amide bonds. The van der Waals surface area contributed by atoms with Gasteiger partial charge < -0.3 is 15.2 Å². The Hall–Kier alpha value is -1.88. The van der Waals surface area contributed by atoms with Crippen LogP contribution in [0.15, 0.2) is 30.3 Å². The predicted octanol–water partition coefficient (Wildman–Crippen LogP) is 1.35. The van der Waals surface area contributed by atoms with Crippen LogP contribution in [0.1, 0.15) is 25.5 Å². The van der Waals surface area contributed by atoms with Gasteiger partial charge in [0.2, 0.25) is 5.91 Å². The van der Waals surface area contributed by atoms with Crippen molar-refractivity contribution in [2.75, 3.05) is 6.61 Å². The highest BCUT2D eigenvalue weighted by Gasteiger charge is 2.14. The van der Waals surface area contributed by atoms with Crippen LogP contribution in [-0.4, -0.2) is 29.7 Å². The quantitative estimate of drug-likeness (QED) is 0.800. The largest absolute Gasteiger partial charge is 0.479 e. The molecule has 1 rings (SSSR count). The Morgan fingerprint density at radius 3 is 2.44 bits per heavy atom. The van der Waals surface area contributed by atoms with Crippen LogP contribution in [0.3, 0.4) is 0 Å². The molecule has 0 aliphatic heterocycles. The lowest BCUT2D eigenvalue weighted by Gasteiger charge is -2.15. The molecule has 1 unspecified atom stereocenters. The minimum Gasteiger partial charge on any atom is -0.479 e. The standard InChI is InChI=1S/C13H17NO4/c1-9(11-6-4-3-5-7-11)14-12(15)8-18-10(2)13(16)17/h3-7,9-10H,8H2,1-2H3,(H,14,15)(H,16,17)/t9?,10-/m0/s1. The van der Waals surface area contributed by atoms with E-state index in [0.717, 1.165) is 5.56 Å². The number of rotatable bonds is 6. The minimum absolute atomic E-state index is 0.137. The first-order chi connectivity index (χ1) is 8.50. The average Bonchev–Trinajstić information content (AvgIpc) is 2.36. The van der Waals surface area contributed by atoms with Gasteiger partial charge in [0.15, 0.2) is 6.10 Å². The first-order valence-corrected chi connectivity index (χ1v) is 5.69. The Labute approximate surface area is 106 Å². The van der Waals surface area contributed by atoms with E-state index in [1.54, 1.807) is 0 Å². The van der Waals surface area contributed by atoms with Gasteiger partial charge >= 0.3 is 5.97 Å². The van der Waals surface area contributed by atoms with Gasteiger partial charge in [-0.1, -0.05) is 30.3 Å². The highest BCUT2D eigenvalue weighted by atomic mass is 16.5. The number of carbonyl (C=O) groups is 2. The summed E-state index contributed by atoms with van der Waals surface area (Å²) in [7, 11) is 0. The molecule has 1 aromatic rings. The van der Waals surface area contributed by atoms with Crippen molar-refractivity contribution >= 4 is 11.9 Å². The van der Waals surface area contributed by atoms with Gasteiger partial charge in [-0.05, 0) is 19.4 Å². The molecule has 0 aliphatic rings. The third-order valence-corrected chi connectivity index (χ3v) is 2.49. The fourth-order valence-electron chi connectivity index (χ4n) is 1.38. The van der Waals surface area contributed by atoms with Gasteiger partial charge in [-0.15, -0.1) is 0 Å². The molecule has 0 aliphatic carbocycles. The predicted molar refractivity (Wildman–Crippen MR) is 66.0 cm³/mol. The van der Waals surface area contributed by atoms with Crippen molar-refractivity contribution in [2.24, 2.45) is 0 Å². The maximum Gasteiger partial charge on any atom is 0.332 e. The number of carboxylic acids is 1. The molecule has 18 heavy (non-hydrogen) atoms. The van der Waals surface area contributed by atoms with Gasteiger partial charge in [0.1, 0.15) is 6.61 Å². The number of hydrogen-bond donors (Lipinski definition) is 2. The van der Waals surface area contributed by atoms with E-state index in [2.05, 4.69) is 5.32 Å². The molecular formula is C13H17NO4. The van der Waals surface area contributed by atoms with Crippen LogP contribution in [0.25, 0.3) is 0 Å². The zero-order chi connectivity index (χ0) is 13.5. The van der Waals surface area contributed by atoms with Crippen molar-refractivity contribution in [2.45, 2.75) is 26.0 Å². The molecule has 2 atom stereocenters. The summed E-state index contributed by atoms with van der Waals surface area (Å²) in [6, 6.07) is 9.36. The van der Waals surface area contributed by atoms with E-state index in [0.29, 0.717) is 0 Å². The van der Waals surface area contributed by atoms with Crippen LogP contribution < -0.4 is 5.32 Å². The molecule has 0 spiro atoms. The fraction of sp³-hybridized carbons (Fsp3) is 0.385. The molecule has 0 bridgehead atoms. The summed E-state index contributed by atoms with van der Waals surface area (Å²) >= 11 is 0. The number of aliphatic carboxylic acids is 1. The fourth-order valence-corrected chi connectivity index (χ4v) is 1.38. The minimum atomic E-state index is -1.08. The van der Waals surface area contributed by atoms with Gasteiger partial charge in [0.25, 0.3) is 0 Å². The van der Waals surface area contributed by atoms with E-state index < -0.39 is 12.1 Å². The summed E-state index contributed by atoms with van der Waals surface area (Å²) in [5.41, 5.74) is 0.983. The lowest BCUT2D eigenvalue weighted by molar-refractivity contribution is -0.150. The van der Waals surface area contributed by atoms with Gasteiger partial charge in [0.05, 0.1) is 6.04 Å². The molecule has 2 N–H and O–H groups in total. The number of hydrogen-bond acceptors (Lipinski definition) is 3. The first kappa shape index (κ1) is 14.2. The Morgan fingerprint density at radius 1 is 1.28 bits per heavy atom. The smallest absolute Gasteiger partial charge is 0.332 e. The van der Waals surface area contributed by atoms with Crippen molar-refractivity contribution in [1.82, 2.24) is 5.32 Å². The maximum absolute atomic E-state index is 11.5. The van der Waals surface area contributed by atoms with Crippen molar-refractivity contribution < 1.29 is 19.4 Å². The topological polar surface area (TPSA) is 75.6 Å². The van der Waals surface area contributed by atoms with E-state index in [1.165, 1.54) is 6.92 Å². The first-order valence-electron chi connectivity index (χ1n) is 5.69. The van der Waals surface area contributed by atoms with E-state index in [9.17, 15) is 9.59 Å². The van der Waals surface area contributed by atoms with Crippen LogP contribution in [0, 0.1) is 0 Å². The van der Waals surface area contributed by atoms with E-state index >= 15 is 0 Å². The van der Waals surface area contributed by atoms with Crippen LogP contribution in [0.5, 0.6) is 0 Å². The molecule has 0 radical (unpaired) electrons. The highest BCUT2D eigenvalue weighted by Crippen LogP contribution is 2.10. The molecule has 0 heterocycles. The van der Waals surface area contributed by atoms with Crippen molar-refractivity contribution in [3.63, 3.8) is 0 Å². The Balaban J connectivity index is 2.39. The zero-order valence-electron chi connectivity index (χ0n) is 10.4. The zero-order valence-corrected chi connectivity index (χ0v) is 10.4. The van der Waals surface area contributed by atoms with Gasteiger partial charge in [-0.3, -0.25) is 4.79 Å².